The Morgan fingerprint density at radius 1 is 1.19 bits per heavy atom. The third-order valence-electron chi connectivity index (χ3n) is 6.86. The van der Waals surface area contributed by atoms with E-state index in [-0.39, 0.29) is 29.4 Å². The Kier molecular flexibility index (Phi) is 6.96. The fourth-order valence-corrected chi connectivity index (χ4v) is 5.34. The molecule has 31 heavy (non-hydrogen) atoms. The van der Waals surface area contributed by atoms with Crippen LogP contribution in [0.3, 0.4) is 0 Å². The number of rotatable bonds is 5. The van der Waals surface area contributed by atoms with Crippen LogP contribution in [0.25, 0.3) is 0 Å². The van der Waals surface area contributed by atoms with Gasteiger partial charge in [0.1, 0.15) is 23.5 Å². The van der Waals surface area contributed by atoms with Gasteiger partial charge in [-0.15, -0.1) is 0 Å². The molecule has 8 heteroatoms. The number of ketones is 1. The molecule has 3 fully saturated rings. The summed E-state index contributed by atoms with van der Waals surface area (Å²) in [7, 11) is 1.27. The van der Waals surface area contributed by atoms with Gasteiger partial charge in [0.15, 0.2) is 0 Å². The summed E-state index contributed by atoms with van der Waals surface area (Å²) < 4.78 is 10.5. The Morgan fingerprint density at radius 3 is 2.42 bits per heavy atom. The average Bonchev–Trinajstić information content (AvgIpc) is 3.41. The summed E-state index contributed by atoms with van der Waals surface area (Å²) in [5.41, 5.74) is -0.734. The number of ether oxygens (including phenoxy) is 2. The molecule has 2 aliphatic carbocycles. The minimum atomic E-state index is -0.898. The Morgan fingerprint density at radius 2 is 1.87 bits per heavy atom. The summed E-state index contributed by atoms with van der Waals surface area (Å²) in [4.78, 5) is 52.2. The molecular weight excluding hydrogens is 400 g/mol. The molecule has 3 aliphatic rings. The van der Waals surface area contributed by atoms with Crippen molar-refractivity contribution in [1.82, 2.24) is 10.2 Å². The first kappa shape index (κ1) is 23.5. The van der Waals surface area contributed by atoms with Crippen LogP contribution in [-0.4, -0.2) is 60.0 Å². The first-order chi connectivity index (χ1) is 14.5. The second-order valence-corrected chi connectivity index (χ2v) is 10.4. The smallest absolute Gasteiger partial charge is 0.410 e. The minimum Gasteiger partial charge on any atom is -0.467 e. The normalized spacial score (nSPS) is 26.2. The highest BCUT2D eigenvalue weighted by molar-refractivity contribution is 5.91. The van der Waals surface area contributed by atoms with Crippen LogP contribution in [0.4, 0.5) is 4.79 Å². The average molecular weight is 437 g/mol. The lowest BCUT2D eigenvalue weighted by molar-refractivity contribution is -0.146. The van der Waals surface area contributed by atoms with Crippen LogP contribution < -0.4 is 5.32 Å². The molecule has 0 aromatic heterocycles. The summed E-state index contributed by atoms with van der Waals surface area (Å²) in [6.07, 6.45) is 6.48. The van der Waals surface area contributed by atoms with Gasteiger partial charge in [0.2, 0.25) is 5.91 Å². The van der Waals surface area contributed by atoms with E-state index in [4.69, 9.17) is 9.47 Å². The van der Waals surface area contributed by atoms with Crippen molar-refractivity contribution in [3.63, 3.8) is 0 Å². The molecule has 1 aliphatic heterocycles. The second kappa shape index (κ2) is 9.17. The van der Waals surface area contributed by atoms with Crippen molar-refractivity contribution in [3.05, 3.63) is 0 Å². The summed E-state index contributed by atoms with van der Waals surface area (Å²) >= 11 is 0. The predicted octanol–water partition coefficient (Wildman–Crippen LogP) is 2.97. The first-order valence-corrected chi connectivity index (χ1v) is 11.4. The predicted molar refractivity (Wildman–Crippen MR) is 113 cm³/mol. The number of hydrogen-bond donors (Lipinski definition) is 1. The lowest BCUT2D eigenvalue weighted by atomic mass is 9.84. The van der Waals surface area contributed by atoms with Crippen molar-refractivity contribution in [2.24, 2.45) is 11.3 Å². The monoisotopic (exact) mass is 436 g/mol. The van der Waals surface area contributed by atoms with Crippen LogP contribution in [-0.2, 0) is 23.9 Å². The molecule has 0 radical (unpaired) electrons. The van der Waals surface area contributed by atoms with Gasteiger partial charge < -0.3 is 14.8 Å². The van der Waals surface area contributed by atoms with Gasteiger partial charge in [0, 0.05) is 18.9 Å². The van der Waals surface area contributed by atoms with Gasteiger partial charge in [-0.1, -0.05) is 12.8 Å². The number of carbonyl (C=O) groups excluding carboxylic acids is 4. The van der Waals surface area contributed by atoms with Crippen molar-refractivity contribution in [2.45, 2.75) is 96.2 Å². The van der Waals surface area contributed by atoms with Crippen LogP contribution in [0.15, 0.2) is 0 Å². The molecule has 0 bridgehead atoms. The largest absolute Gasteiger partial charge is 0.467 e. The third-order valence-corrected chi connectivity index (χ3v) is 6.86. The molecule has 0 unspecified atom stereocenters. The van der Waals surface area contributed by atoms with E-state index in [1.165, 1.54) is 12.0 Å². The number of amides is 2. The Balaban J connectivity index is 1.75. The summed E-state index contributed by atoms with van der Waals surface area (Å²) in [5, 5.41) is 2.80. The van der Waals surface area contributed by atoms with Crippen molar-refractivity contribution in [2.75, 3.05) is 13.7 Å². The number of carbonyl (C=O) groups is 4. The number of Topliss-reactive ketones (excluding diaryl/α,β-unsaturated/α-hetero) is 1. The Bertz CT molecular complexity index is 722. The molecule has 1 saturated heterocycles. The Hall–Kier alpha value is -2.12. The number of methoxy groups -OCH3 is 1. The molecule has 3 atom stereocenters. The maximum absolute atomic E-state index is 13.3. The van der Waals surface area contributed by atoms with E-state index in [2.05, 4.69) is 5.32 Å². The SMILES string of the molecule is COC(=O)[C@H](C[C@@H]1CCCC1=O)NC(=O)[C@@H]1CC2(CCCC2)CN1C(=O)OC(C)(C)C. The zero-order valence-electron chi connectivity index (χ0n) is 19.2. The molecule has 2 saturated carbocycles. The van der Waals surface area contributed by atoms with E-state index < -0.39 is 29.7 Å². The zero-order valence-corrected chi connectivity index (χ0v) is 19.2. The highest BCUT2D eigenvalue weighted by Gasteiger charge is 2.51. The van der Waals surface area contributed by atoms with Gasteiger partial charge >= 0.3 is 12.1 Å². The van der Waals surface area contributed by atoms with E-state index in [0.717, 1.165) is 38.5 Å². The number of nitrogens with one attached hydrogen (secondary N) is 1. The topological polar surface area (TPSA) is 102 Å². The number of esters is 1. The van der Waals surface area contributed by atoms with Crippen LogP contribution >= 0.6 is 0 Å². The number of nitrogens with zero attached hydrogens (tertiary/aromatic N) is 1. The molecule has 1 spiro atoms. The Labute approximate surface area is 184 Å². The van der Waals surface area contributed by atoms with Crippen LogP contribution in [0, 0.1) is 11.3 Å². The summed E-state index contributed by atoms with van der Waals surface area (Å²) in [6.45, 7) is 5.89. The lowest BCUT2D eigenvalue weighted by Crippen LogP contribution is -2.52. The van der Waals surface area contributed by atoms with Crippen molar-refractivity contribution >= 4 is 23.8 Å². The van der Waals surface area contributed by atoms with Gasteiger partial charge in [-0.3, -0.25) is 14.5 Å². The fourth-order valence-electron chi connectivity index (χ4n) is 5.34. The maximum Gasteiger partial charge on any atom is 0.410 e. The van der Waals surface area contributed by atoms with Crippen LogP contribution in [0.5, 0.6) is 0 Å². The van der Waals surface area contributed by atoms with E-state index in [0.29, 0.717) is 19.4 Å². The van der Waals surface area contributed by atoms with E-state index in [9.17, 15) is 19.2 Å². The van der Waals surface area contributed by atoms with Gasteiger partial charge in [-0.05, 0) is 64.7 Å². The van der Waals surface area contributed by atoms with Crippen LogP contribution in [0.2, 0.25) is 0 Å². The molecule has 2 amide bonds. The second-order valence-electron chi connectivity index (χ2n) is 10.4. The molecule has 1 heterocycles. The highest BCUT2D eigenvalue weighted by Crippen LogP contribution is 2.48. The molecule has 0 aromatic rings. The standard InChI is InChI=1S/C23H36N2O6/c1-22(2,3)31-21(29)25-14-23(10-5-6-11-23)13-17(25)19(27)24-16(20(28)30-4)12-15-8-7-9-18(15)26/h15-17H,5-14H2,1-4H3,(H,24,27)/t15-,16-,17-/m0/s1. The highest BCUT2D eigenvalue weighted by atomic mass is 16.6. The zero-order chi connectivity index (χ0) is 22.8. The summed E-state index contributed by atoms with van der Waals surface area (Å²) in [6, 6.07) is -1.59. The summed E-state index contributed by atoms with van der Waals surface area (Å²) in [5.74, 6) is -1.05. The van der Waals surface area contributed by atoms with Gasteiger partial charge in [-0.25, -0.2) is 9.59 Å². The quantitative estimate of drug-likeness (QED) is 0.665. The molecule has 174 valence electrons. The fraction of sp³-hybridized carbons (Fsp3) is 0.826. The third kappa shape index (κ3) is 5.57. The molecule has 0 aromatic carbocycles. The van der Waals surface area contributed by atoms with Gasteiger partial charge in [0.05, 0.1) is 7.11 Å². The van der Waals surface area contributed by atoms with E-state index in [1.807, 2.05) is 0 Å². The maximum atomic E-state index is 13.3. The van der Waals surface area contributed by atoms with Crippen LogP contribution in [0.1, 0.15) is 78.6 Å². The minimum absolute atomic E-state index is 0.0684. The van der Waals surface area contributed by atoms with Gasteiger partial charge in [0.25, 0.3) is 0 Å². The van der Waals surface area contributed by atoms with Crippen molar-refractivity contribution < 1.29 is 28.7 Å². The molecule has 1 N–H and O–H groups in total. The van der Waals surface area contributed by atoms with Gasteiger partial charge in [-0.2, -0.15) is 0 Å². The first-order valence-electron chi connectivity index (χ1n) is 11.4. The number of hydrogen-bond acceptors (Lipinski definition) is 6. The van der Waals surface area contributed by atoms with E-state index >= 15 is 0 Å². The lowest BCUT2D eigenvalue weighted by Gasteiger charge is -2.29. The molecule has 3 rings (SSSR count). The van der Waals surface area contributed by atoms with Crippen molar-refractivity contribution in [3.8, 4) is 0 Å². The number of likely N-dealkylation sites (tertiary alicyclic amines) is 1. The molecule has 8 nitrogen and oxygen atoms in total. The molecular formula is C23H36N2O6. The van der Waals surface area contributed by atoms with Crippen molar-refractivity contribution in [1.29, 1.82) is 0 Å². The van der Waals surface area contributed by atoms with E-state index in [1.54, 1.807) is 20.8 Å².